The third-order valence-corrected chi connectivity index (χ3v) is 1.10. The minimum Gasteiger partial charge on any atom is -0.329 e. The van der Waals surface area contributed by atoms with Gasteiger partial charge in [-0.2, -0.15) is 0 Å². The lowest BCUT2D eigenvalue weighted by Crippen LogP contribution is -2.13. The van der Waals surface area contributed by atoms with Crippen LogP contribution in [-0.2, 0) is 14.4 Å². The lowest BCUT2D eigenvalue weighted by atomic mass is 10.2. The van der Waals surface area contributed by atoms with Crippen molar-refractivity contribution in [1.82, 2.24) is 5.32 Å². The van der Waals surface area contributed by atoms with Gasteiger partial charge in [-0.25, -0.2) is 0 Å². The minimum absolute atomic E-state index is 0.138. The number of nitrogens with one attached hydrogen (secondary N) is 1. The Balaban J connectivity index is 3.84. The van der Waals surface area contributed by atoms with Gasteiger partial charge in [0.25, 0.3) is 0 Å². The summed E-state index contributed by atoms with van der Waals surface area (Å²) >= 11 is 0. The smallest absolute Gasteiger partial charge is 0.247 e. The van der Waals surface area contributed by atoms with Crippen LogP contribution >= 0.6 is 0 Å². The molecule has 0 heterocycles. The largest absolute Gasteiger partial charge is 0.329 e. The highest BCUT2D eigenvalue weighted by Crippen LogP contribution is 1.86. The Morgan fingerprint density at radius 3 is 2.46 bits per heavy atom. The van der Waals surface area contributed by atoms with Crippen LogP contribution in [0.25, 0.3) is 0 Å². The number of Topliss-reactive ketones (excluding diaryl/α,β-unsaturated/α-hetero) is 1. The van der Waals surface area contributed by atoms with Crippen LogP contribution in [0.1, 0.15) is 13.3 Å². The van der Waals surface area contributed by atoms with Crippen molar-refractivity contribution in [2.45, 2.75) is 13.3 Å². The van der Waals surface area contributed by atoms with Crippen LogP contribution in [0, 0.1) is 0 Å². The Bertz CT molecular complexity index is 266. The molecule has 13 heavy (non-hydrogen) atoms. The molecule has 0 bridgehead atoms. The molecule has 0 aromatic rings. The summed E-state index contributed by atoms with van der Waals surface area (Å²) in [5.74, 6) is -0.937. The van der Waals surface area contributed by atoms with E-state index in [-0.39, 0.29) is 18.0 Å². The number of ketones is 2. The van der Waals surface area contributed by atoms with Crippen molar-refractivity contribution in [3.8, 4) is 0 Å². The summed E-state index contributed by atoms with van der Waals surface area (Å²) in [5.41, 5.74) is 0. The van der Waals surface area contributed by atoms with Crippen LogP contribution in [0.15, 0.2) is 24.9 Å². The quantitative estimate of drug-likeness (QED) is 0.491. The Labute approximate surface area is 76.3 Å². The molecule has 0 aliphatic heterocycles. The first-order valence-corrected chi connectivity index (χ1v) is 3.68. The number of hydrogen-bond acceptors (Lipinski definition) is 3. The average Bonchev–Trinajstić information content (AvgIpc) is 2.02. The molecule has 1 amide bonds. The van der Waals surface area contributed by atoms with Crippen molar-refractivity contribution in [1.29, 1.82) is 0 Å². The molecule has 0 fully saturated rings. The first-order valence-electron chi connectivity index (χ1n) is 3.68. The maximum atomic E-state index is 10.8. The number of carbonyl (C=O) groups is 3. The lowest BCUT2D eigenvalue weighted by molar-refractivity contribution is -0.123. The van der Waals surface area contributed by atoms with Gasteiger partial charge >= 0.3 is 0 Å². The van der Waals surface area contributed by atoms with Crippen molar-refractivity contribution >= 4 is 17.5 Å². The molecule has 0 rings (SSSR count). The summed E-state index contributed by atoms with van der Waals surface area (Å²) in [6.07, 6.45) is 3.28. The molecule has 4 nitrogen and oxygen atoms in total. The number of carbonyl (C=O) groups excluding carboxylic acids is 3. The SMILES string of the molecule is C=CC(=O)NC=CC(=O)CC(C)=O. The molecule has 0 aliphatic carbocycles. The maximum Gasteiger partial charge on any atom is 0.247 e. The minimum atomic E-state index is -0.396. The van der Waals surface area contributed by atoms with E-state index in [1.165, 1.54) is 13.1 Å². The molecule has 0 spiro atoms. The summed E-state index contributed by atoms with van der Waals surface area (Å²) < 4.78 is 0. The fourth-order valence-electron chi connectivity index (χ4n) is 0.580. The van der Waals surface area contributed by atoms with E-state index < -0.39 is 5.91 Å². The van der Waals surface area contributed by atoms with Crippen molar-refractivity contribution in [3.05, 3.63) is 24.9 Å². The van der Waals surface area contributed by atoms with Crippen LogP contribution in [0.2, 0.25) is 0 Å². The van der Waals surface area contributed by atoms with Gasteiger partial charge in [-0.15, -0.1) is 0 Å². The van der Waals surface area contributed by atoms with Crippen LogP contribution in [0.3, 0.4) is 0 Å². The lowest BCUT2D eigenvalue weighted by Gasteiger charge is -1.91. The van der Waals surface area contributed by atoms with E-state index in [0.717, 1.165) is 12.2 Å². The molecule has 0 radical (unpaired) electrons. The summed E-state index contributed by atoms with van der Waals surface area (Å²) in [7, 11) is 0. The molecule has 0 aromatic carbocycles. The van der Waals surface area contributed by atoms with Crippen molar-refractivity contribution in [2.24, 2.45) is 0 Å². The Morgan fingerprint density at radius 2 is 2.00 bits per heavy atom. The molecule has 0 atom stereocenters. The van der Waals surface area contributed by atoms with Gasteiger partial charge in [0.15, 0.2) is 5.78 Å². The van der Waals surface area contributed by atoms with Gasteiger partial charge in [-0.3, -0.25) is 14.4 Å². The van der Waals surface area contributed by atoms with Crippen LogP contribution in [-0.4, -0.2) is 17.5 Å². The van der Waals surface area contributed by atoms with E-state index in [1.807, 2.05) is 0 Å². The molecule has 0 aromatic heterocycles. The van der Waals surface area contributed by atoms with Crippen LogP contribution in [0.4, 0.5) is 0 Å². The zero-order valence-corrected chi connectivity index (χ0v) is 7.37. The number of allylic oxidation sites excluding steroid dienone is 1. The highest BCUT2D eigenvalue weighted by atomic mass is 16.2. The van der Waals surface area contributed by atoms with Crippen molar-refractivity contribution in [3.63, 3.8) is 0 Å². The summed E-state index contributed by atoms with van der Waals surface area (Å²) in [5, 5.41) is 2.27. The standard InChI is InChI=1S/C9H11NO3/c1-3-9(13)10-5-4-8(12)6-7(2)11/h3-5H,1,6H2,2H3,(H,10,13). The van der Waals surface area contributed by atoms with Crippen LogP contribution in [0.5, 0.6) is 0 Å². The van der Waals surface area contributed by atoms with E-state index in [9.17, 15) is 14.4 Å². The highest BCUT2D eigenvalue weighted by molar-refractivity contribution is 6.03. The van der Waals surface area contributed by atoms with Gasteiger partial charge in [0.05, 0.1) is 6.42 Å². The first-order chi connectivity index (χ1) is 6.06. The number of rotatable bonds is 5. The highest BCUT2D eigenvalue weighted by Gasteiger charge is 1.99. The Hall–Kier alpha value is -1.71. The second kappa shape index (κ2) is 5.88. The molecule has 0 unspecified atom stereocenters. The van der Waals surface area contributed by atoms with Gasteiger partial charge in [0.2, 0.25) is 5.91 Å². The average molecular weight is 181 g/mol. The molecular formula is C9H11NO3. The summed E-state index contributed by atoms with van der Waals surface area (Å²) in [4.78, 5) is 31.8. The predicted octanol–water partition coefficient (Wildman–Crippen LogP) is 0.351. The van der Waals surface area contributed by atoms with Gasteiger partial charge in [-0.05, 0) is 19.1 Å². The second-order valence-electron chi connectivity index (χ2n) is 2.39. The molecule has 0 aliphatic rings. The molecule has 1 N–H and O–H groups in total. The van der Waals surface area contributed by atoms with Gasteiger partial charge in [-0.1, -0.05) is 6.58 Å². The van der Waals surface area contributed by atoms with E-state index >= 15 is 0 Å². The van der Waals surface area contributed by atoms with E-state index in [0.29, 0.717) is 0 Å². The Kier molecular flexibility index (Phi) is 5.11. The topological polar surface area (TPSA) is 63.2 Å². The zero-order valence-electron chi connectivity index (χ0n) is 7.37. The second-order valence-corrected chi connectivity index (χ2v) is 2.39. The van der Waals surface area contributed by atoms with Gasteiger partial charge in [0.1, 0.15) is 5.78 Å². The fraction of sp³-hybridized carbons (Fsp3) is 0.222. The Morgan fingerprint density at radius 1 is 1.38 bits per heavy atom. The molecule has 0 saturated heterocycles. The van der Waals surface area contributed by atoms with E-state index in [2.05, 4.69) is 11.9 Å². The summed E-state index contributed by atoms with van der Waals surface area (Å²) in [6.45, 7) is 4.55. The molecular weight excluding hydrogens is 170 g/mol. The zero-order chi connectivity index (χ0) is 10.3. The maximum absolute atomic E-state index is 10.8. The third kappa shape index (κ3) is 6.68. The summed E-state index contributed by atoms with van der Waals surface area (Å²) in [6, 6.07) is 0. The van der Waals surface area contributed by atoms with Gasteiger partial charge < -0.3 is 5.32 Å². The third-order valence-electron chi connectivity index (χ3n) is 1.10. The number of hydrogen-bond donors (Lipinski definition) is 1. The molecule has 4 heteroatoms. The van der Waals surface area contributed by atoms with Crippen molar-refractivity contribution in [2.75, 3.05) is 0 Å². The fourth-order valence-corrected chi connectivity index (χ4v) is 0.580. The van der Waals surface area contributed by atoms with Crippen molar-refractivity contribution < 1.29 is 14.4 Å². The first kappa shape index (κ1) is 11.3. The predicted molar refractivity (Wildman–Crippen MR) is 47.8 cm³/mol. The monoisotopic (exact) mass is 181 g/mol. The van der Waals surface area contributed by atoms with Gasteiger partial charge in [0, 0.05) is 6.20 Å². The molecule has 0 saturated carbocycles. The normalized spacial score (nSPS) is 9.62. The number of amides is 1. The van der Waals surface area contributed by atoms with Crippen LogP contribution < -0.4 is 5.32 Å². The molecule has 70 valence electrons. The van der Waals surface area contributed by atoms with E-state index in [4.69, 9.17) is 0 Å². The van der Waals surface area contributed by atoms with E-state index in [1.54, 1.807) is 0 Å².